The van der Waals surface area contributed by atoms with Gasteiger partial charge in [0, 0.05) is 18.0 Å². The van der Waals surface area contributed by atoms with Gasteiger partial charge in [0.25, 0.3) is 0 Å². The van der Waals surface area contributed by atoms with Crippen molar-refractivity contribution in [3.05, 3.63) is 89.1 Å². The number of hydrogen-bond acceptors (Lipinski definition) is 4. The second-order valence-electron chi connectivity index (χ2n) is 4.99. The zero-order chi connectivity index (χ0) is 16.8. The SMILES string of the molecule is O=C(Oc1cc(Cl)cnc1SCc1ccccc1)c1ccccc1. The van der Waals surface area contributed by atoms with E-state index in [0.29, 0.717) is 21.4 Å². The van der Waals surface area contributed by atoms with Crippen LogP contribution in [0.2, 0.25) is 5.02 Å². The molecule has 1 aromatic heterocycles. The van der Waals surface area contributed by atoms with Crippen molar-refractivity contribution in [2.45, 2.75) is 10.8 Å². The van der Waals surface area contributed by atoms with E-state index in [-0.39, 0.29) is 0 Å². The van der Waals surface area contributed by atoms with Crippen molar-refractivity contribution in [1.29, 1.82) is 0 Å². The summed E-state index contributed by atoms with van der Waals surface area (Å²) in [7, 11) is 0. The van der Waals surface area contributed by atoms with Gasteiger partial charge in [0.2, 0.25) is 0 Å². The van der Waals surface area contributed by atoms with E-state index < -0.39 is 5.97 Å². The Morgan fingerprint density at radius 3 is 2.42 bits per heavy atom. The van der Waals surface area contributed by atoms with Crippen LogP contribution in [0.25, 0.3) is 0 Å². The van der Waals surface area contributed by atoms with E-state index in [4.69, 9.17) is 16.3 Å². The molecule has 0 aliphatic heterocycles. The molecule has 0 aliphatic carbocycles. The van der Waals surface area contributed by atoms with E-state index in [2.05, 4.69) is 4.98 Å². The molecule has 0 aliphatic rings. The van der Waals surface area contributed by atoms with Gasteiger partial charge in [-0.25, -0.2) is 9.78 Å². The van der Waals surface area contributed by atoms with Crippen molar-refractivity contribution in [2.24, 2.45) is 0 Å². The number of thioether (sulfide) groups is 1. The molecule has 0 bridgehead atoms. The molecule has 3 nitrogen and oxygen atoms in total. The number of nitrogens with zero attached hydrogens (tertiary/aromatic N) is 1. The zero-order valence-electron chi connectivity index (χ0n) is 12.7. The quantitative estimate of drug-likeness (QED) is 0.463. The molecule has 120 valence electrons. The maximum Gasteiger partial charge on any atom is 0.343 e. The van der Waals surface area contributed by atoms with Gasteiger partial charge in [-0.3, -0.25) is 0 Å². The Morgan fingerprint density at radius 1 is 1.04 bits per heavy atom. The third-order valence-electron chi connectivity index (χ3n) is 3.22. The largest absolute Gasteiger partial charge is 0.420 e. The van der Waals surface area contributed by atoms with Crippen LogP contribution in [-0.4, -0.2) is 11.0 Å². The second-order valence-corrected chi connectivity index (χ2v) is 6.39. The summed E-state index contributed by atoms with van der Waals surface area (Å²) in [6, 6.07) is 20.5. The predicted molar refractivity (Wildman–Crippen MR) is 96.7 cm³/mol. The van der Waals surface area contributed by atoms with Crippen LogP contribution in [0.1, 0.15) is 15.9 Å². The minimum absolute atomic E-state index is 0.372. The van der Waals surface area contributed by atoms with Crippen LogP contribution in [-0.2, 0) is 5.75 Å². The average molecular weight is 356 g/mol. The standard InChI is InChI=1S/C19H14ClNO2S/c20-16-11-17(23-19(22)15-9-5-2-6-10-15)18(21-12-16)24-13-14-7-3-1-4-8-14/h1-12H,13H2. The fraction of sp³-hybridized carbons (Fsp3) is 0.0526. The Morgan fingerprint density at radius 2 is 1.71 bits per heavy atom. The highest BCUT2D eigenvalue weighted by atomic mass is 35.5. The molecule has 0 N–H and O–H groups in total. The molecule has 0 radical (unpaired) electrons. The van der Waals surface area contributed by atoms with Crippen LogP contribution in [0, 0.1) is 0 Å². The van der Waals surface area contributed by atoms with Gasteiger partial charge in [0.05, 0.1) is 10.6 Å². The minimum atomic E-state index is -0.429. The molecule has 0 saturated heterocycles. The first-order valence-corrected chi connectivity index (χ1v) is 8.68. The third kappa shape index (κ3) is 4.37. The van der Waals surface area contributed by atoms with Gasteiger partial charge in [-0.1, -0.05) is 71.9 Å². The number of hydrogen-bond donors (Lipinski definition) is 0. The summed E-state index contributed by atoms with van der Waals surface area (Å²) in [5, 5.41) is 1.06. The number of ether oxygens (including phenoxy) is 1. The Kier molecular flexibility index (Phi) is 5.51. The van der Waals surface area contributed by atoms with Crippen LogP contribution >= 0.6 is 23.4 Å². The molecule has 0 atom stereocenters. The van der Waals surface area contributed by atoms with Crippen LogP contribution < -0.4 is 4.74 Å². The highest BCUT2D eigenvalue weighted by Gasteiger charge is 2.14. The molecular weight excluding hydrogens is 342 g/mol. The number of aromatic nitrogens is 1. The summed E-state index contributed by atoms with van der Waals surface area (Å²) in [5.74, 6) is 0.671. The molecule has 0 spiro atoms. The van der Waals surface area contributed by atoms with E-state index in [1.165, 1.54) is 17.3 Å². The van der Waals surface area contributed by atoms with Crippen LogP contribution in [0.4, 0.5) is 0 Å². The molecule has 5 heteroatoms. The average Bonchev–Trinajstić information content (AvgIpc) is 2.62. The number of pyridine rings is 1. The van der Waals surface area contributed by atoms with E-state index in [9.17, 15) is 4.79 Å². The molecule has 0 unspecified atom stereocenters. The van der Waals surface area contributed by atoms with Gasteiger partial charge in [-0.05, 0) is 17.7 Å². The van der Waals surface area contributed by atoms with E-state index in [1.807, 2.05) is 36.4 Å². The molecule has 0 fully saturated rings. The first-order valence-electron chi connectivity index (χ1n) is 7.32. The summed E-state index contributed by atoms with van der Waals surface area (Å²) in [4.78, 5) is 16.5. The molecule has 3 aromatic rings. The number of carbonyl (C=O) groups is 1. The fourth-order valence-electron chi connectivity index (χ4n) is 2.05. The zero-order valence-corrected chi connectivity index (χ0v) is 14.3. The minimum Gasteiger partial charge on any atom is -0.420 e. The maximum atomic E-state index is 12.2. The Labute approximate surface area is 149 Å². The summed E-state index contributed by atoms with van der Waals surface area (Å²) in [6.45, 7) is 0. The molecule has 24 heavy (non-hydrogen) atoms. The van der Waals surface area contributed by atoms with Gasteiger partial charge in [-0.15, -0.1) is 0 Å². The van der Waals surface area contributed by atoms with Crippen LogP contribution in [0.3, 0.4) is 0 Å². The molecule has 2 aromatic carbocycles. The van der Waals surface area contributed by atoms with E-state index in [1.54, 1.807) is 36.5 Å². The van der Waals surface area contributed by atoms with Crippen molar-refractivity contribution in [1.82, 2.24) is 4.98 Å². The Hall–Kier alpha value is -2.30. The van der Waals surface area contributed by atoms with Crippen molar-refractivity contribution in [3.63, 3.8) is 0 Å². The number of carbonyl (C=O) groups excluding carboxylic acids is 1. The summed E-state index contributed by atoms with van der Waals surface area (Å²) >= 11 is 7.50. The number of esters is 1. The molecule has 0 saturated carbocycles. The lowest BCUT2D eigenvalue weighted by Gasteiger charge is -2.09. The van der Waals surface area contributed by atoms with Gasteiger partial charge in [-0.2, -0.15) is 0 Å². The monoisotopic (exact) mass is 355 g/mol. The van der Waals surface area contributed by atoms with Crippen LogP contribution in [0.5, 0.6) is 5.75 Å². The smallest absolute Gasteiger partial charge is 0.343 e. The normalized spacial score (nSPS) is 10.4. The van der Waals surface area contributed by atoms with Gasteiger partial charge in [0.15, 0.2) is 5.75 Å². The van der Waals surface area contributed by atoms with E-state index >= 15 is 0 Å². The topological polar surface area (TPSA) is 39.2 Å². The summed E-state index contributed by atoms with van der Waals surface area (Å²) < 4.78 is 5.49. The summed E-state index contributed by atoms with van der Waals surface area (Å²) in [6.07, 6.45) is 1.55. The van der Waals surface area contributed by atoms with E-state index in [0.717, 1.165) is 5.75 Å². The number of halogens is 1. The Balaban J connectivity index is 1.77. The van der Waals surface area contributed by atoms with Crippen molar-refractivity contribution < 1.29 is 9.53 Å². The number of rotatable bonds is 5. The molecule has 3 rings (SSSR count). The van der Waals surface area contributed by atoms with Crippen molar-refractivity contribution in [3.8, 4) is 5.75 Å². The molecular formula is C19H14ClNO2S. The lowest BCUT2D eigenvalue weighted by atomic mass is 10.2. The fourth-order valence-corrected chi connectivity index (χ4v) is 3.06. The highest BCUT2D eigenvalue weighted by molar-refractivity contribution is 7.98. The number of benzene rings is 2. The lowest BCUT2D eigenvalue weighted by Crippen LogP contribution is -2.09. The lowest BCUT2D eigenvalue weighted by molar-refractivity contribution is 0.0729. The van der Waals surface area contributed by atoms with Gasteiger partial charge < -0.3 is 4.74 Å². The third-order valence-corrected chi connectivity index (χ3v) is 4.48. The Bertz CT molecular complexity index is 825. The predicted octanol–water partition coefficient (Wildman–Crippen LogP) is 5.25. The highest BCUT2D eigenvalue weighted by Crippen LogP contribution is 2.32. The van der Waals surface area contributed by atoms with Crippen molar-refractivity contribution in [2.75, 3.05) is 0 Å². The first-order chi connectivity index (χ1) is 11.7. The molecule has 0 amide bonds. The van der Waals surface area contributed by atoms with Gasteiger partial charge in [0.1, 0.15) is 5.03 Å². The molecule has 1 heterocycles. The first kappa shape index (κ1) is 16.6. The summed E-state index contributed by atoms with van der Waals surface area (Å²) in [5.41, 5.74) is 1.65. The van der Waals surface area contributed by atoms with Crippen LogP contribution in [0.15, 0.2) is 78.0 Å². The van der Waals surface area contributed by atoms with Crippen molar-refractivity contribution >= 4 is 29.3 Å². The second kappa shape index (κ2) is 7.99. The van der Waals surface area contributed by atoms with Gasteiger partial charge >= 0.3 is 5.97 Å². The maximum absolute atomic E-state index is 12.2.